The Kier molecular flexibility index (Phi) is 6.40. The van der Waals surface area contributed by atoms with Crippen molar-refractivity contribution in [3.63, 3.8) is 0 Å². The molecule has 1 N–H and O–H groups in total. The zero-order chi connectivity index (χ0) is 26.1. The molecule has 38 heavy (non-hydrogen) atoms. The molecule has 6 rings (SSSR count). The highest BCUT2D eigenvalue weighted by Gasteiger charge is 2.15. The van der Waals surface area contributed by atoms with Crippen LogP contribution in [0.1, 0.15) is 30.7 Å². The Hall–Kier alpha value is -4.41. The summed E-state index contributed by atoms with van der Waals surface area (Å²) < 4.78 is 7.16. The van der Waals surface area contributed by atoms with Crippen molar-refractivity contribution < 1.29 is 14.0 Å². The summed E-state index contributed by atoms with van der Waals surface area (Å²) in [7, 11) is 0. The average molecular weight is 541 g/mol. The SMILES string of the molecule is O=C(Cc1cc(=O)oc2c1ccc1ccccc12)NCc1cn(Cc2ccc(C(=O)c3cccs3)s2)nn1. The summed E-state index contributed by atoms with van der Waals surface area (Å²) in [5.41, 5.74) is 1.20. The Morgan fingerprint density at radius 3 is 2.74 bits per heavy atom. The van der Waals surface area contributed by atoms with Gasteiger partial charge in [0, 0.05) is 21.7 Å². The van der Waals surface area contributed by atoms with Crippen molar-refractivity contribution in [2.24, 2.45) is 0 Å². The Bertz CT molecular complexity index is 1850. The van der Waals surface area contributed by atoms with Gasteiger partial charge in [0.05, 0.1) is 35.5 Å². The molecule has 0 saturated heterocycles. The minimum atomic E-state index is -0.492. The van der Waals surface area contributed by atoms with Crippen LogP contribution in [0.3, 0.4) is 0 Å². The van der Waals surface area contributed by atoms with E-state index >= 15 is 0 Å². The first-order chi connectivity index (χ1) is 18.5. The number of aromatic nitrogens is 3. The van der Waals surface area contributed by atoms with Crippen LogP contribution in [0.5, 0.6) is 0 Å². The van der Waals surface area contributed by atoms with Gasteiger partial charge in [0.2, 0.25) is 11.7 Å². The number of fused-ring (bicyclic) bond motifs is 3. The fourth-order valence-electron chi connectivity index (χ4n) is 4.30. The monoisotopic (exact) mass is 540 g/mol. The number of carbonyl (C=O) groups excluding carboxylic acids is 2. The van der Waals surface area contributed by atoms with Crippen LogP contribution in [0.4, 0.5) is 0 Å². The lowest BCUT2D eigenvalue weighted by atomic mass is 10.0. The number of carbonyl (C=O) groups is 2. The second kappa shape index (κ2) is 10.2. The number of nitrogens with one attached hydrogen (secondary N) is 1. The van der Waals surface area contributed by atoms with E-state index in [4.69, 9.17) is 4.42 Å². The standard InChI is InChI=1S/C28H20N4O4S2/c33-25(12-18-13-26(34)36-28-21-5-2-1-4-17(21)7-9-22(18)28)29-14-19-15-32(31-30-19)16-20-8-10-24(38-20)27(35)23-6-3-11-37-23/h1-11,13,15H,12,14,16H2,(H,29,33). The number of benzene rings is 2. The second-order valence-electron chi connectivity index (χ2n) is 8.69. The predicted octanol–water partition coefficient (Wildman–Crippen LogP) is 4.80. The van der Waals surface area contributed by atoms with E-state index in [1.165, 1.54) is 28.7 Å². The van der Waals surface area contributed by atoms with Crippen LogP contribution >= 0.6 is 22.7 Å². The predicted molar refractivity (Wildman–Crippen MR) is 147 cm³/mol. The molecular weight excluding hydrogens is 520 g/mol. The van der Waals surface area contributed by atoms with Gasteiger partial charge in [0.25, 0.3) is 0 Å². The maximum absolute atomic E-state index is 12.7. The molecule has 1 amide bonds. The molecule has 8 nitrogen and oxygen atoms in total. The first-order valence-corrected chi connectivity index (χ1v) is 13.5. The molecule has 0 atom stereocenters. The molecule has 0 aliphatic rings. The van der Waals surface area contributed by atoms with E-state index in [0.717, 1.165) is 25.9 Å². The quantitative estimate of drug-likeness (QED) is 0.169. The van der Waals surface area contributed by atoms with Crippen molar-refractivity contribution >= 4 is 56.1 Å². The number of amides is 1. The van der Waals surface area contributed by atoms with Gasteiger partial charge in [-0.2, -0.15) is 0 Å². The maximum Gasteiger partial charge on any atom is 0.336 e. The highest BCUT2D eigenvalue weighted by molar-refractivity contribution is 7.16. The van der Waals surface area contributed by atoms with E-state index in [9.17, 15) is 14.4 Å². The number of rotatable bonds is 8. The number of hydrogen-bond donors (Lipinski definition) is 1. The molecule has 4 aromatic heterocycles. The molecule has 0 aliphatic heterocycles. The Labute approximate surface area is 224 Å². The summed E-state index contributed by atoms with van der Waals surface area (Å²) in [6, 6.07) is 20.3. The molecule has 0 bridgehead atoms. The van der Waals surface area contributed by atoms with Gasteiger partial charge in [-0.15, -0.1) is 27.8 Å². The molecule has 4 heterocycles. The lowest BCUT2D eigenvalue weighted by Crippen LogP contribution is -2.25. The number of thiophene rings is 2. The third-order valence-electron chi connectivity index (χ3n) is 6.07. The summed E-state index contributed by atoms with van der Waals surface area (Å²) in [6.45, 7) is 0.677. The normalized spacial score (nSPS) is 11.3. The molecular formula is C28H20N4O4S2. The summed E-state index contributed by atoms with van der Waals surface area (Å²) in [4.78, 5) is 39.9. The lowest BCUT2D eigenvalue weighted by Gasteiger charge is -2.08. The van der Waals surface area contributed by atoms with Gasteiger partial charge in [-0.3, -0.25) is 9.59 Å². The minimum absolute atomic E-state index is 0.0235. The third-order valence-corrected chi connectivity index (χ3v) is 8.01. The molecule has 188 valence electrons. The second-order valence-corrected chi connectivity index (χ2v) is 10.8. The summed E-state index contributed by atoms with van der Waals surface area (Å²) >= 11 is 2.86. The number of hydrogen-bond acceptors (Lipinski definition) is 8. The average Bonchev–Trinajstić information content (AvgIpc) is 3.70. The molecule has 0 fully saturated rings. The first-order valence-electron chi connectivity index (χ1n) is 11.8. The smallest absolute Gasteiger partial charge is 0.336 e. The van der Waals surface area contributed by atoms with E-state index in [2.05, 4.69) is 15.6 Å². The van der Waals surface area contributed by atoms with Gasteiger partial charge in [-0.25, -0.2) is 9.48 Å². The van der Waals surface area contributed by atoms with Crippen LogP contribution in [0.25, 0.3) is 21.7 Å². The maximum atomic E-state index is 12.7. The van der Waals surface area contributed by atoms with E-state index in [1.807, 2.05) is 66.0 Å². The number of ketones is 1. The fourth-order valence-corrected chi connectivity index (χ4v) is 5.99. The Balaban J connectivity index is 1.10. The van der Waals surface area contributed by atoms with Crippen molar-refractivity contribution in [3.8, 4) is 0 Å². The number of nitrogens with zero attached hydrogens (tertiary/aromatic N) is 3. The van der Waals surface area contributed by atoms with Crippen LogP contribution in [-0.2, 0) is 24.3 Å². The van der Waals surface area contributed by atoms with Gasteiger partial charge in [0.15, 0.2) is 0 Å². The molecule has 0 aliphatic carbocycles. The van der Waals surface area contributed by atoms with E-state index < -0.39 is 5.63 Å². The Morgan fingerprint density at radius 1 is 0.974 bits per heavy atom. The summed E-state index contributed by atoms with van der Waals surface area (Å²) in [5, 5.41) is 15.5. The first kappa shape index (κ1) is 24.0. The van der Waals surface area contributed by atoms with Crippen molar-refractivity contribution in [3.05, 3.63) is 115 Å². The molecule has 0 saturated carbocycles. The zero-order valence-corrected chi connectivity index (χ0v) is 21.6. The topological polar surface area (TPSA) is 107 Å². The van der Waals surface area contributed by atoms with Crippen LogP contribution in [-0.4, -0.2) is 26.7 Å². The molecule has 0 spiro atoms. The van der Waals surface area contributed by atoms with Crippen LogP contribution in [0.2, 0.25) is 0 Å². The van der Waals surface area contributed by atoms with Gasteiger partial charge in [-0.05, 0) is 34.5 Å². The lowest BCUT2D eigenvalue weighted by molar-refractivity contribution is -0.120. The fraction of sp³-hybridized carbons (Fsp3) is 0.107. The van der Waals surface area contributed by atoms with Crippen LogP contribution in [0.15, 0.2) is 87.5 Å². The third kappa shape index (κ3) is 4.91. The van der Waals surface area contributed by atoms with E-state index in [0.29, 0.717) is 28.3 Å². The van der Waals surface area contributed by atoms with Gasteiger partial charge < -0.3 is 9.73 Å². The Morgan fingerprint density at radius 2 is 1.87 bits per heavy atom. The van der Waals surface area contributed by atoms with Crippen LogP contribution in [0, 0.1) is 0 Å². The molecule has 0 unspecified atom stereocenters. The molecule has 0 radical (unpaired) electrons. The molecule has 2 aromatic carbocycles. The van der Waals surface area contributed by atoms with E-state index in [-0.39, 0.29) is 24.7 Å². The highest BCUT2D eigenvalue weighted by atomic mass is 32.1. The van der Waals surface area contributed by atoms with Gasteiger partial charge in [-0.1, -0.05) is 47.7 Å². The largest absolute Gasteiger partial charge is 0.422 e. The molecule has 10 heteroatoms. The zero-order valence-electron chi connectivity index (χ0n) is 19.9. The van der Waals surface area contributed by atoms with Crippen molar-refractivity contribution in [1.82, 2.24) is 20.3 Å². The van der Waals surface area contributed by atoms with E-state index in [1.54, 1.807) is 10.9 Å². The van der Waals surface area contributed by atoms with Gasteiger partial charge in [0.1, 0.15) is 11.3 Å². The summed E-state index contributed by atoms with van der Waals surface area (Å²) in [6.07, 6.45) is 1.80. The highest BCUT2D eigenvalue weighted by Crippen LogP contribution is 2.27. The van der Waals surface area contributed by atoms with Gasteiger partial charge >= 0.3 is 5.63 Å². The van der Waals surface area contributed by atoms with Crippen molar-refractivity contribution in [2.45, 2.75) is 19.5 Å². The van der Waals surface area contributed by atoms with Crippen molar-refractivity contribution in [1.29, 1.82) is 0 Å². The van der Waals surface area contributed by atoms with Crippen molar-refractivity contribution in [2.75, 3.05) is 0 Å². The molecule has 6 aromatic rings. The minimum Gasteiger partial charge on any atom is -0.422 e. The summed E-state index contributed by atoms with van der Waals surface area (Å²) in [5.74, 6) is -0.218. The van der Waals surface area contributed by atoms with Crippen LogP contribution < -0.4 is 10.9 Å².